The number of nitrogens with zero attached hydrogens (tertiary/aromatic N) is 1. The summed E-state index contributed by atoms with van der Waals surface area (Å²) in [4.78, 5) is 0.265. The Morgan fingerprint density at radius 3 is 2.71 bits per heavy atom. The molecule has 1 saturated heterocycles. The Morgan fingerprint density at radius 2 is 2.18 bits per heavy atom. The van der Waals surface area contributed by atoms with Crippen LogP contribution in [0.2, 0.25) is 0 Å². The molecule has 0 radical (unpaired) electrons. The number of aryl methyl sites for hydroxylation is 1. The summed E-state index contributed by atoms with van der Waals surface area (Å²) in [5.74, 6) is 0. The second-order valence-electron chi connectivity index (χ2n) is 4.33. The number of benzene rings is 1. The van der Waals surface area contributed by atoms with Gasteiger partial charge in [0.25, 0.3) is 0 Å². The second-order valence-corrected chi connectivity index (χ2v) is 6.24. The number of aliphatic hydroxyl groups excluding tert-OH is 1. The van der Waals surface area contributed by atoms with Crippen molar-refractivity contribution in [3.8, 4) is 0 Å². The van der Waals surface area contributed by atoms with Crippen molar-refractivity contribution in [1.29, 1.82) is 0 Å². The first-order valence-corrected chi connectivity index (χ1v) is 6.89. The fraction of sp³-hybridized carbons (Fsp3) is 0.455. The lowest BCUT2D eigenvalue weighted by Gasteiger charge is -2.17. The number of hydrogen-bond acceptors (Lipinski definition) is 4. The number of anilines is 1. The largest absolute Gasteiger partial charge is 0.399 e. The van der Waals surface area contributed by atoms with Gasteiger partial charge in [-0.25, -0.2) is 8.42 Å². The molecule has 17 heavy (non-hydrogen) atoms. The molecule has 1 atom stereocenters. The molecule has 1 aromatic rings. The minimum absolute atomic E-state index is 0.173. The lowest BCUT2D eigenvalue weighted by atomic mass is 10.2. The molecule has 0 bridgehead atoms. The van der Waals surface area contributed by atoms with Crippen molar-refractivity contribution in [2.75, 3.05) is 18.8 Å². The van der Waals surface area contributed by atoms with Crippen LogP contribution in [-0.4, -0.2) is 37.0 Å². The second kappa shape index (κ2) is 4.29. The fourth-order valence-electron chi connectivity index (χ4n) is 2.03. The molecule has 1 fully saturated rings. The molecule has 1 aliphatic heterocycles. The molecule has 0 spiro atoms. The lowest BCUT2D eigenvalue weighted by molar-refractivity contribution is 0.189. The molecule has 1 aromatic carbocycles. The van der Waals surface area contributed by atoms with Crippen molar-refractivity contribution in [3.63, 3.8) is 0 Å². The van der Waals surface area contributed by atoms with Gasteiger partial charge < -0.3 is 10.8 Å². The minimum Gasteiger partial charge on any atom is -0.399 e. The highest BCUT2D eigenvalue weighted by molar-refractivity contribution is 7.89. The van der Waals surface area contributed by atoms with Crippen LogP contribution in [0.5, 0.6) is 0 Å². The van der Waals surface area contributed by atoms with Gasteiger partial charge in [-0.1, -0.05) is 0 Å². The van der Waals surface area contributed by atoms with Crippen LogP contribution in [0.25, 0.3) is 0 Å². The van der Waals surface area contributed by atoms with E-state index in [1.54, 1.807) is 19.1 Å². The maximum atomic E-state index is 12.3. The molecule has 1 aliphatic rings. The number of rotatable bonds is 2. The van der Waals surface area contributed by atoms with E-state index in [4.69, 9.17) is 5.73 Å². The lowest BCUT2D eigenvalue weighted by Crippen LogP contribution is -2.30. The summed E-state index contributed by atoms with van der Waals surface area (Å²) in [6, 6.07) is 4.73. The standard InChI is InChI=1S/C11H16N2O3S/c1-8-6-9(12)2-3-11(8)17(15,16)13-5-4-10(14)7-13/h2-3,6,10,14H,4-5,7,12H2,1H3/t10-/m0/s1. The zero-order valence-electron chi connectivity index (χ0n) is 9.63. The van der Waals surface area contributed by atoms with Gasteiger partial charge in [0.15, 0.2) is 0 Å². The molecule has 0 unspecified atom stereocenters. The number of sulfonamides is 1. The molecule has 6 heteroatoms. The van der Waals surface area contributed by atoms with Gasteiger partial charge in [-0.2, -0.15) is 4.31 Å². The van der Waals surface area contributed by atoms with Crippen molar-refractivity contribution in [3.05, 3.63) is 23.8 Å². The quantitative estimate of drug-likeness (QED) is 0.747. The van der Waals surface area contributed by atoms with E-state index in [0.717, 1.165) is 0 Å². The first-order valence-electron chi connectivity index (χ1n) is 5.45. The monoisotopic (exact) mass is 256 g/mol. The number of nitrogens with two attached hydrogens (primary N) is 1. The van der Waals surface area contributed by atoms with Crippen molar-refractivity contribution < 1.29 is 13.5 Å². The van der Waals surface area contributed by atoms with E-state index in [2.05, 4.69) is 0 Å². The Balaban J connectivity index is 2.38. The number of hydrogen-bond donors (Lipinski definition) is 2. The highest BCUT2D eigenvalue weighted by atomic mass is 32.2. The predicted octanol–water partition coefficient (Wildman–Crippen LogP) is 0.333. The molecular formula is C11H16N2O3S. The van der Waals surface area contributed by atoms with Crippen molar-refractivity contribution in [2.45, 2.75) is 24.3 Å². The van der Waals surface area contributed by atoms with E-state index in [1.807, 2.05) is 0 Å². The number of aliphatic hydroxyl groups is 1. The Labute approximate surface area is 101 Å². The maximum Gasteiger partial charge on any atom is 0.243 e. The summed E-state index contributed by atoms with van der Waals surface area (Å²) in [6.07, 6.45) is -0.0633. The summed E-state index contributed by atoms with van der Waals surface area (Å²) in [7, 11) is -3.50. The predicted molar refractivity (Wildman–Crippen MR) is 65.0 cm³/mol. The van der Waals surface area contributed by atoms with Crippen molar-refractivity contribution >= 4 is 15.7 Å². The fourth-order valence-corrected chi connectivity index (χ4v) is 3.73. The van der Waals surface area contributed by atoms with Crippen LogP contribution in [-0.2, 0) is 10.0 Å². The average molecular weight is 256 g/mol. The first kappa shape index (κ1) is 12.3. The van der Waals surface area contributed by atoms with Gasteiger partial charge in [0.1, 0.15) is 0 Å². The van der Waals surface area contributed by atoms with Crippen LogP contribution in [0.4, 0.5) is 5.69 Å². The maximum absolute atomic E-state index is 12.3. The SMILES string of the molecule is Cc1cc(N)ccc1S(=O)(=O)N1CC[C@H](O)C1. The van der Waals surface area contributed by atoms with Gasteiger partial charge in [-0.3, -0.25) is 0 Å². The third-order valence-electron chi connectivity index (χ3n) is 2.94. The molecule has 0 aromatic heterocycles. The minimum atomic E-state index is -3.50. The smallest absolute Gasteiger partial charge is 0.243 e. The summed E-state index contributed by atoms with van der Waals surface area (Å²) in [5, 5.41) is 9.40. The first-order chi connectivity index (χ1) is 7.91. The number of β-amino-alcohol motifs (C(OH)–C–C–N with tert-alkyl or cyclic N) is 1. The Bertz CT molecular complexity index is 528. The van der Waals surface area contributed by atoms with E-state index >= 15 is 0 Å². The van der Waals surface area contributed by atoms with Gasteiger partial charge in [-0.05, 0) is 37.1 Å². The molecule has 1 heterocycles. The van der Waals surface area contributed by atoms with Gasteiger partial charge in [-0.15, -0.1) is 0 Å². The third-order valence-corrected chi connectivity index (χ3v) is 4.97. The average Bonchev–Trinajstić information content (AvgIpc) is 2.64. The van der Waals surface area contributed by atoms with E-state index < -0.39 is 16.1 Å². The summed E-state index contributed by atoms with van der Waals surface area (Å²) < 4.78 is 25.9. The van der Waals surface area contributed by atoms with Crippen LogP contribution in [0.15, 0.2) is 23.1 Å². The molecule has 5 nitrogen and oxygen atoms in total. The van der Waals surface area contributed by atoms with Crippen LogP contribution in [0.1, 0.15) is 12.0 Å². The summed E-state index contributed by atoms with van der Waals surface area (Å²) in [6.45, 7) is 2.26. The highest BCUT2D eigenvalue weighted by Gasteiger charge is 2.32. The van der Waals surface area contributed by atoms with Crippen LogP contribution in [0, 0.1) is 6.92 Å². The van der Waals surface area contributed by atoms with Crippen molar-refractivity contribution in [2.24, 2.45) is 0 Å². The molecule has 2 rings (SSSR count). The van der Waals surface area contributed by atoms with Gasteiger partial charge in [0.05, 0.1) is 11.0 Å². The van der Waals surface area contributed by atoms with E-state index in [0.29, 0.717) is 24.2 Å². The van der Waals surface area contributed by atoms with E-state index in [1.165, 1.54) is 10.4 Å². The third kappa shape index (κ3) is 2.29. The van der Waals surface area contributed by atoms with E-state index in [-0.39, 0.29) is 11.4 Å². The normalized spacial score (nSPS) is 21.9. The molecular weight excluding hydrogens is 240 g/mol. The molecule has 3 N–H and O–H groups in total. The Kier molecular flexibility index (Phi) is 3.11. The Morgan fingerprint density at radius 1 is 1.47 bits per heavy atom. The van der Waals surface area contributed by atoms with Crippen LogP contribution >= 0.6 is 0 Å². The summed E-state index contributed by atoms with van der Waals surface area (Å²) >= 11 is 0. The van der Waals surface area contributed by atoms with Crippen molar-refractivity contribution in [1.82, 2.24) is 4.31 Å². The molecule has 0 aliphatic carbocycles. The molecule has 0 amide bonds. The zero-order valence-corrected chi connectivity index (χ0v) is 10.4. The highest BCUT2D eigenvalue weighted by Crippen LogP contribution is 2.24. The molecule has 94 valence electrons. The van der Waals surface area contributed by atoms with Gasteiger partial charge in [0.2, 0.25) is 10.0 Å². The van der Waals surface area contributed by atoms with Crippen LogP contribution in [0.3, 0.4) is 0 Å². The number of nitrogen functional groups attached to an aromatic ring is 1. The molecule has 0 saturated carbocycles. The van der Waals surface area contributed by atoms with Gasteiger partial charge in [0, 0.05) is 18.8 Å². The zero-order chi connectivity index (χ0) is 12.6. The summed E-state index contributed by atoms with van der Waals surface area (Å²) in [5.41, 5.74) is 6.77. The van der Waals surface area contributed by atoms with Crippen LogP contribution < -0.4 is 5.73 Å². The van der Waals surface area contributed by atoms with Gasteiger partial charge >= 0.3 is 0 Å². The Hall–Kier alpha value is -1.11. The topological polar surface area (TPSA) is 83.6 Å². The van der Waals surface area contributed by atoms with E-state index in [9.17, 15) is 13.5 Å².